The van der Waals surface area contributed by atoms with Gasteiger partial charge < -0.3 is 16.0 Å². The average Bonchev–Trinajstić information content (AvgIpc) is 3.11. The van der Waals surface area contributed by atoms with Crippen LogP contribution >= 0.6 is 11.3 Å². The third-order valence-corrected chi connectivity index (χ3v) is 4.76. The Kier molecular flexibility index (Phi) is 7.98. The van der Waals surface area contributed by atoms with E-state index in [2.05, 4.69) is 40.0 Å². The molecule has 0 unspecified atom stereocenters. The Hall–Kier alpha value is -2.34. The lowest BCUT2D eigenvalue weighted by molar-refractivity contribution is 0.0954. The predicted molar refractivity (Wildman–Crippen MR) is 105 cm³/mol. The van der Waals surface area contributed by atoms with Crippen LogP contribution in [0.1, 0.15) is 34.0 Å². The molecule has 0 aliphatic heterocycles. The summed E-state index contributed by atoms with van der Waals surface area (Å²) in [7, 11) is 0. The Morgan fingerprint density at radius 2 is 1.68 bits per heavy atom. The molecule has 0 spiro atoms. The van der Waals surface area contributed by atoms with Crippen molar-refractivity contribution in [3.05, 3.63) is 57.8 Å². The molecule has 1 aromatic heterocycles. The normalized spacial score (nSPS) is 11.2. The van der Waals surface area contributed by atoms with Gasteiger partial charge in [-0.3, -0.25) is 4.79 Å². The molecular weight excluding hydrogens is 332 g/mol. The summed E-state index contributed by atoms with van der Waals surface area (Å²) < 4.78 is 0. The van der Waals surface area contributed by atoms with Crippen molar-refractivity contribution in [1.82, 2.24) is 16.0 Å². The largest absolute Gasteiger partial charge is 0.357 e. The van der Waals surface area contributed by atoms with Gasteiger partial charge in [-0.25, -0.2) is 4.99 Å². The Morgan fingerprint density at radius 3 is 2.36 bits per heavy atom. The molecule has 6 heteroatoms. The SMILES string of the molecule is CCNC(=NCc1ccc(CC)s1)NCCNC(=O)c1ccccc1. The van der Waals surface area contributed by atoms with Crippen molar-refractivity contribution in [2.75, 3.05) is 19.6 Å². The lowest BCUT2D eigenvalue weighted by atomic mass is 10.2. The van der Waals surface area contributed by atoms with Gasteiger partial charge in [-0.2, -0.15) is 0 Å². The molecule has 5 nitrogen and oxygen atoms in total. The van der Waals surface area contributed by atoms with Gasteiger partial charge in [0, 0.05) is 35.0 Å². The van der Waals surface area contributed by atoms with Crippen LogP contribution in [0.15, 0.2) is 47.5 Å². The number of carbonyl (C=O) groups is 1. The number of thiophene rings is 1. The third-order valence-electron chi connectivity index (χ3n) is 3.54. The van der Waals surface area contributed by atoms with Crippen LogP contribution in [-0.4, -0.2) is 31.5 Å². The number of aryl methyl sites for hydroxylation is 1. The number of carbonyl (C=O) groups excluding carboxylic acids is 1. The van der Waals surface area contributed by atoms with E-state index < -0.39 is 0 Å². The molecule has 0 radical (unpaired) electrons. The quantitative estimate of drug-likeness (QED) is 0.386. The van der Waals surface area contributed by atoms with Crippen LogP contribution in [0.4, 0.5) is 0 Å². The Morgan fingerprint density at radius 1 is 0.960 bits per heavy atom. The fourth-order valence-corrected chi connectivity index (χ4v) is 3.13. The highest BCUT2D eigenvalue weighted by atomic mass is 32.1. The zero-order chi connectivity index (χ0) is 17.9. The van der Waals surface area contributed by atoms with E-state index in [4.69, 9.17) is 0 Å². The molecule has 0 saturated carbocycles. The second-order valence-electron chi connectivity index (χ2n) is 5.47. The summed E-state index contributed by atoms with van der Waals surface area (Å²) in [6.45, 7) is 6.82. The molecule has 1 heterocycles. The summed E-state index contributed by atoms with van der Waals surface area (Å²) in [5.41, 5.74) is 0.674. The van der Waals surface area contributed by atoms with Gasteiger partial charge in [-0.1, -0.05) is 25.1 Å². The van der Waals surface area contributed by atoms with Crippen LogP contribution in [0.25, 0.3) is 0 Å². The van der Waals surface area contributed by atoms with Gasteiger partial charge in [0.25, 0.3) is 5.91 Å². The topological polar surface area (TPSA) is 65.5 Å². The molecule has 25 heavy (non-hydrogen) atoms. The van der Waals surface area contributed by atoms with Crippen molar-refractivity contribution in [3.63, 3.8) is 0 Å². The first-order chi connectivity index (χ1) is 12.2. The molecule has 0 atom stereocenters. The minimum atomic E-state index is -0.0602. The maximum Gasteiger partial charge on any atom is 0.251 e. The highest BCUT2D eigenvalue weighted by Crippen LogP contribution is 2.17. The van der Waals surface area contributed by atoms with Crippen LogP contribution in [0.5, 0.6) is 0 Å². The summed E-state index contributed by atoms with van der Waals surface area (Å²) in [6.07, 6.45) is 1.06. The van der Waals surface area contributed by atoms with E-state index in [0.717, 1.165) is 18.9 Å². The standard InChI is InChI=1S/C19H26N4OS/c1-3-16-10-11-17(25-16)14-23-19(20-4-2)22-13-12-21-18(24)15-8-6-5-7-9-15/h5-11H,3-4,12-14H2,1-2H3,(H,21,24)(H2,20,22,23). The van der Waals surface area contributed by atoms with E-state index in [0.29, 0.717) is 25.2 Å². The van der Waals surface area contributed by atoms with Gasteiger partial charge in [-0.15, -0.1) is 11.3 Å². The second-order valence-corrected chi connectivity index (χ2v) is 6.72. The number of aliphatic imine (C=N–C) groups is 1. The first kappa shape index (κ1) is 19.0. The fraction of sp³-hybridized carbons (Fsp3) is 0.368. The number of hydrogen-bond acceptors (Lipinski definition) is 3. The molecule has 3 N–H and O–H groups in total. The molecule has 2 rings (SSSR count). The molecule has 134 valence electrons. The smallest absolute Gasteiger partial charge is 0.251 e. The molecule has 2 aromatic rings. The Labute approximate surface area is 153 Å². The van der Waals surface area contributed by atoms with E-state index in [9.17, 15) is 4.79 Å². The van der Waals surface area contributed by atoms with Gasteiger partial charge in [0.15, 0.2) is 5.96 Å². The summed E-state index contributed by atoms with van der Waals surface area (Å²) >= 11 is 1.80. The molecule has 0 saturated heterocycles. The molecule has 1 aromatic carbocycles. The van der Waals surface area contributed by atoms with E-state index >= 15 is 0 Å². The molecule has 0 bridgehead atoms. The highest BCUT2D eigenvalue weighted by Gasteiger charge is 2.04. The van der Waals surface area contributed by atoms with Gasteiger partial charge in [0.05, 0.1) is 6.54 Å². The summed E-state index contributed by atoms with van der Waals surface area (Å²) in [5.74, 6) is 0.706. The first-order valence-corrected chi connectivity index (χ1v) is 9.47. The van der Waals surface area contributed by atoms with E-state index in [-0.39, 0.29) is 5.91 Å². The monoisotopic (exact) mass is 358 g/mol. The van der Waals surface area contributed by atoms with Crippen LogP contribution in [0.3, 0.4) is 0 Å². The van der Waals surface area contributed by atoms with Gasteiger partial charge in [0.2, 0.25) is 0 Å². The third kappa shape index (κ3) is 6.58. The number of hydrogen-bond donors (Lipinski definition) is 3. The zero-order valence-corrected chi connectivity index (χ0v) is 15.7. The van der Waals surface area contributed by atoms with E-state index in [1.54, 1.807) is 23.5 Å². The van der Waals surface area contributed by atoms with Gasteiger partial charge in [0.1, 0.15) is 0 Å². The average molecular weight is 359 g/mol. The molecule has 1 amide bonds. The second kappa shape index (κ2) is 10.5. The minimum absolute atomic E-state index is 0.0602. The van der Waals surface area contributed by atoms with Crippen molar-refractivity contribution < 1.29 is 4.79 Å². The fourth-order valence-electron chi connectivity index (χ4n) is 2.24. The molecule has 0 aliphatic rings. The number of nitrogens with one attached hydrogen (secondary N) is 3. The summed E-state index contributed by atoms with van der Waals surface area (Å²) in [5, 5.41) is 9.37. The predicted octanol–water partition coefficient (Wildman–Crippen LogP) is 2.80. The summed E-state index contributed by atoms with van der Waals surface area (Å²) in [6, 6.07) is 13.5. The van der Waals surface area contributed by atoms with Crippen LogP contribution in [0, 0.1) is 0 Å². The molecule has 0 fully saturated rings. The number of amides is 1. The zero-order valence-electron chi connectivity index (χ0n) is 14.8. The first-order valence-electron chi connectivity index (χ1n) is 8.66. The van der Waals surface area contributed by atoms with E-state index in [1.165, 1.54) is 9.75 Å². The minimum Gasteiger partial charge on any atom is -0.357 e. The number of nitrogens with zero attached hydrogens (tertiary/aromatic N) is 1. The summed E-state index contributed by atoms with van der Waals surface area (Å²) in [4.78, 5) is 19.2. The number of guanidine groups is 1. The molecule has 0 aliphatic carbocycles. The lowest BCUT2D eigenvalue weighted by Gasteiger charge is -2.11. The maximum atomic E-state index is 12.0. The Balaban J connectivity index is 1.76. The van der Waals surface area contributed by atoms with Gasteiger partial charge >= 0.3 is 0 Å². The number of benzene rings is 1. The maximum absolute atomic E-state index is 12.0. The van der Waals surface area contributed by atoms with Crippen molar-refractivity contribution in [2.45, 2.75) is 26.8 Å². The van der Waals surface area contributed by atoms with Crippen molar-refractivity contribution in [2.24, 2.45) is 4.99 Å². The van der Waals surface area contributed by atoms with Crippen LogP contribution < -0.4 is 16.0 Å². The van der Waals surface area contributed by atoms with Crippen LogP contribution in [-0.2, 0) is 13.0 Å². The van der Waals surface area contributed by atoms with Crippen molar-refractivity contribution in [3.8, 4) is 0 Å². The molecular formula is C19H26N4OS. The van der Waals surface area contributed by atoms with Crippen molar-refractivity contribution >= 4 is 23.2 Å². The lowest BCUT2D eigenvalue weighted by Crippen LogP contribution is -2.41. The van der Waals surface area contributed by atoms with Gasteiger partial charge in [-0.05, 0) is 37.6 Å². The van der Waals surface area contributed by atoms with Crippen LogP contribution in [0.2, 0.25) is 0 Å². The van der Waals surface area contributed by atoms with E-state index in [1.807, 2.05) is 25.1 Å². The number of rotatable bonds is 8. The Bertz CT molecular complexity index is 682. The van der Waals surface area contributed by atoms with Crippen molar-refractivity contribution in [1.29, 1.82) is 0 Å². The highest BCUT2D eigenvalue weighted by molar-refractivity contribution is 7.11.